The minimum atomic E-state index is -1.09. The van der Waals surface area contributed by atoms with E-state index < -0.39 is 35.5 Å². The normalized spacial score (nSPS) is 14.5. The summed E-state index contributed by atoms with van der Waals surface area (Å²) in [6.45, 7) is 5.19. The second kappa shape index (κ2) is 9.34. The molecule has 0 saturated heterocycles. The molecule has 1 aliphatic heterocycles. The molecule has 1 aromatic carbocycles. The summed E-state index contributed by atoms with van der Waals surface area (Å²) < 4.78 is 5.13. The number of likely N-dealkylation sites (N-methyl/N-ethyl adjacent to an activating group) is 1. The van der Waals surface area contributed by atoms with Crippen molar-refractivity contribution in [1.29, 1.82) is 0 Å². The van der Waals surface area contributed by atoms with Gasteiger partial charge >= 0.3 is 6.09 Å². The molecule has 0 saturated carbocycles. The van der Waals surface area contributed by atoms with Gasteiger partial charge in [0.05, 0.1) is 11.1 Å². The van der Waals surface area contributed by atoms with Gasteiger partial charge in [-0.2, -0.15) is 0 Å². The third kappa shape index (κ3) is 5.11. The first-order valence-corrected chi connectivity index (χ1v) is 9.43. The first-order chi connectivity index (χ1) is 14.1. The summed E-state index contributed by atoms with van der Waals surface area (Å²) in [6, 6.07) is 3.61. The van der Waals surface area contributed by atoms with Gasteiger partial charge in [0.1, 0.15) is 17.9 Å². The number of rotatable bonds is 7. The molecular weight excluding hydrogens is 390 g/mol. The zero-order chi connectivity index (χ0) is 22.5. The summed E-state index contributed by atoms with van der Waals surface area (Å²) in [4.78, 5) is 61.5. The molecule has 0 bridgehead atoms. The Kier molecular flexibility index (Phi) is 7.10. The summed E-state index contributed by atoms with van der Waals surface area (Å²) in [7, 11) is 1.39. The van der Waals surface area contributed by atoms with Crippen molar-refractivity contribution in [2.24, 2.45) is 0 Å². The van der Waals surface area contributed by atoms with Crippen LogP contribution in [-0.4, -0.2) is 53.7 Å². The number of ether oxygens (including phenoxy) is 1. The highest BCUT2D eigenvalue weighted by molar-refractivity contribution is 6.24. The lowest BCUT2D eigenvalue weighted by Gasteiger charge is -2.24. The molecule has 1 aromatic rings. The first-order valence-electron chi connectivity index (χ1n) is 9.43. The van der Waals surface area contributed by atoms with Crippen molar-refractivity contribution in [3.8, 4) is 0 Å². The van der Waals surface area contributed by atoms with E-state index in [1.54, 1.807) is 32.9 Å². The quantitative estimate of drug-likeness (QED) is 0.518. The number of nitrogens with zero attached hydrogens (tertiary/aromatic N) is 1. The predicted molar refractivity (Wildman–Crippen MR) is 108 cm³/mol. The van der Waals surface area contributed by atoms with E-state index in [4.69, 9.17) is 4.74 Å². The Hall–Kier alpha value is -3.49. The molecule has 0 aliphatic carbocycles. The van der Waals surface area contributed by atoms with Crippen LogP contribution >= 0.6 is 0 Å². The van der Waals surface area contributed by atoms with Crippen LogP contribution in [0.3, 0.4) is 0 Å². The van der Waals surface area contributed by atoms with Crippen LogP contribution in [0.25, 0.3) is 6.08 Å². The molecule has 4 amide bonds. The van der Waals surface area contributed by atoms with Crippen LogP contribution in [0.2, 0.25) is 0 Å². The summed E-state index contributed by atoms with van der Waals surface area (Å²) in [5.74, 6) is -1.77. The van der Waals surface area contributed by atoms with Crippen LogP contribution < -0.4 is 10.6 Å². The van der Waals surface area contributed by atoms with Crippen LogP contribution in [-0.2, 0) is 14.3 Å². The monoisotopic (exact) mass is 415 g/mol. The Balaban J connectivity index is 2.29. The van der Waals surface area contributed by atoms with E-state index in [0.717, 1.165) is 4.90 Å². The maximum absolute atomic E-state index is 13.0. The zero-order valence-electron chi connectivity index (χ0n) is 17.4. The van der Waals surface area contributed by atoms with E-state index in [9.17, 15) is 24.0 Å². The minimum absolute atomic E-state index is 0.0259. The molecule has 1 heterocycles. The molecular formula is C21H25N3O6. The van der Waals surface area contributed by atoms with Crippen LogP contribution in [0.1, 0.15) is 59.9 Å². The predicted octanol–water partition coefficient (Wildman–Crippen LogP) is 1.87. The SMILES string of the molecule is CNC(=O)C(CCC=O)N1C(=O)c2cccc(/C=C/NC(=O)OC(C)(C)C)c2C1=O. The Morgan fingerprint density at radius 2 is 1.90 bits per heavy atom. The van der Waals surface area contributed by atoms with Crippen molar-refractivity contribution in [2.45, 2.75) is 45.3 Å². The number of imide groups is 1. The number of amides is 4. The van der Waals surface area contributed by atoms with Gasteiger partial charge in [-0.05, 0) is 44.9 Å². The fourth-order valence-electron chi connectivity index (χ4n) is 3.03. The van der Waals surface area contributed by atoms with Gasteiger partial charge in [0.15, 0.2) is 0 Å². The van der Waals surface area contributed by atoms with E-state index in [1.165, 1.54) is 25.4 Å². The Labute approximate surface area is 174 Å². The molecule has 9 heteroatoms. The van der Waals surface area contributed by atoms with E-state index in [-0.39, 0.29) is 24.0 Å². The number of benzene rings is 1. The van der Waals surface area contributed by atoms with E-state index in [0.29, 0.717) is 11.8 Å². The molecule has 160 valence electrons. The molecule has 0 fully saturated rings. The van der Waals surface area contributed by atoms with Gasteiger partial charge in [0, 0.05) is 19.7 Å². The number of fused-ring (bicyclic) bond motifs is 1. The Morgan fingerprint density at radius 3 is 2.50 bits per heavy atom. The van der Waals surface area contributed by atoms with Crippen molar-refractivity contribution in [2.75, 3.05) is 7.05 Å². The topological polar surface area (TPSA) is 122 Å². The lowest BCUT2D eigenvalue weighted by Crippen LogP contribution is -2.48. The fraction of sp³-hybridized carbons (Fsp3) is 0.381. The lowest BCUT2D eigenvalue weighted by atomic mass is 10.0. The van der Waals surface area contributed by atoms with Gasteiger partial charge in [0.25, 0.3) is 11.8 Å². The van der Waals surface area contributed by atoms with Crippen molar-refractivity contribution in [1.82, 2.24) is 15.5 Å². The molecule has 0 radical (unpaired) electrons. The zero-order valence-corrected chi connectivity index (χ0v) is 17.4. The van der Waals surface area contributed by atoms with Gasteiger partial charge in [-0.1, -0.05) is 12.1 Å². The molecule has 1 unspecified atom stereocenters. The van der Waals surface area contributed by atoms with Gasteiger partial charge in [-0.25, -0.2) is 4.79 Å². The summed E-state index contributed by atoms with van der Waals surface area (Å²) >= 11 is 0. The standard InChI is InChI=1S/C21H25N3O6/c1-21(2,3)30-20(29)23-11-10-13-7-5-8-14-16(13)19(28)24(18(14)27)15(9-6-12-25)17(26)22-4/h5,7-8,10-12,15H,6,9H2,1-4H3,(H,22,26)(H,23,29)/b11-10+. The highest BCUT2D eigenvalue weighted by atomic mass is 16.6. The van der Waals surface area contributed by atoms with Crippen molar-refractivity contribution < 1.29 is 28.7 Å². The highest BCUT2D eigenvalue weighted by Crippen LogP contribution is 2.29. The van der Waals surface area contributed by atoms with Crippen molar-refractivity contribution >= 4 is 36.2 Å². The third-order valence-electron chi connectivity index (χ3n) is 4.26. The fourth-order valence-corrected chi connectivity index (χ4v) is 3.03. The van der Waals surface area contributed by atoms with Crippen molar-refractivity contribution in [3.63, 3.8) is 0 Å². The van der Waals surface area contributed by atoms with Gasteiger partial charge in [-0.3, -0.25) is 24.6 Å². The largest absolute Gasteiger partial charge is 0.444 e. The summed E-state index contributed by atoms with van der Waals surface area (Å²) in [5.41, 5.74) is 0.0187. The Morgan fingerprint density at radius 1 is 1.20 bits per heavy atom. The molecule has 9 nitrogen and oxygen atoms in total. The third-order valence-corrected chi connectivity index (χ3v) is 4.26. The number of carbonyl (C=O) groups is 5. The molecule has 30 heavy (non-hydrogen) atoms. The second-order valence-electron chi connectivity index (χ2n) is 7.60. The van der Waals surface area contributed by atoms with E-state index in [2.05, 4.69) is 10.6 Å². The molecule has 0 spiro atoms. The van der Waals surface area contributed by atoms with Crippen molar-refractivity contribution in [3.05, 3.63) is 41.1 Å². The average molecular weight is 415 g/mol. The van der Waals surface area contributed by atoms with Crippen LogP contribution in [0.5, 0.6) is 0 Å². The van der Waals surface area contributed by atoms with Crippen LogP contribution in [0.15, 0.2) is 24.4 Å². The molecule has 1 atom stereocenters. The number of hydrogen-bond donors (Lipinski definition) is 2. The second-order valence-corrected chi connectivity index (χ2v) is 7.60. The number of carbonyl (C=O) groups excluding carboxylic acids is 5. The minimum Gasteiger partial charge on any atom is -0.444 e. The number of nitrogens with one attached hydrogen (secondary N) is 2. The maximum atomic E-state index is 13.0. The van der Waals surface area contributed by atoms with Crippen LogP contribution in [0.4, 0.5) is 4.79 Å². The molecule has 2 rings (SSSR count). The molecule has 0 aromatic heterocycles. The first kappa shape index (κ1) is 22.8. The number of alkyl carbamates (subject to hydrolysis) is 1. The maximum Gasteiger partial charge on any atom is 0.411 e. The molecule has 1 aliphatic rings. The summed E-state index contributed by atoms with van der Waals surface area (Å²) in [5, 5.41) is 4.86. The average Bonchev–Trinajstić information content (AvgIpc) is 2.92. The van der Waals surface area contributed by atoms with Gasteiger partial charge < -0.3 is 14.8 Å². The van der Waals surface area contributed by atoms with Gasteiger partial charge in [-0.15, -0.1) is 0 Å². The van der Waals surface area contributed by atoms with Crippen LogP contribution in [0, 0.1) is 0 Å². The van der Waals surface area contributed by atoms with E-state index in [1.807, 2.05) is 0 Å². The van der Waals surface area contributed by atoms with Gasteiger partial charge in [0.2, 0.25) is 5.91 Å². The van der Waals surface area contributed by atoms with E-state index >= 15 is 0 Å². The number of aldehydes is 1. The lowest BCUT2D eigenvalue weighted by molar-refractivity contribution is -0.124. The highest BCUT2D eigenvalue weighted by Gasteiger charge is 2.43. The Bertz CT molecular complexity index is 900. The smallest absolute Gasteiger partial charge is 0.411 e. The molecule has 2 N–H and O–H groups in total. The number of hydrogen-bond acceptors (Lipinski definition) is 6. The summed E-state index contributed by atoms with van der Waals surface area (Å²) in [6.07, 6.45) is 2.80.